The molecule has 4 amide bonds. The fourth-order valence-corrected chi connectivity index (χ4v) is 8.85. The number of thioether (sulfide) groups is 2. The van der Waals surface area contributed by atoms with Gasteiger partial charge >= 0.3 is 0 Å². The van der Waals surface area contributed by atoms with E-state index in [-0.39, 0.29) is 91.5 Å². The van der Waals surface area contributed by atoms with Gasteiger partial charge < -0.3 is 10.6 Å². The third-order valence-electron chi connectivity index (χ3n) is 9.11. The lowest BCUT2D eigenvalue weighted by Crippen LogP contribution is -2.31. The molecule has 2 N–H and O–H groups in total. The van der Waals surface area contributed by atoms with Crippen molar-refractivity contribution in [2.45, 2.75) is 39.5 Å². The van der Waals surface area contributed by atoms with E-state index in [1.807, 2.05) is 36.4 Å². The van der Waals surface area contributed by atoms with Gasteiger partial charge in [-0.15, -0.1) is 0 Å². The summed E-state index contributed by atoms with van der Waals surface area (Å²) in [5.74, 6) is -1.67. The van der Waals surface area contributed by atoms with Gasteiger partial charge in [-0.25, -0.2) is 9.36 Å². The van der Waals surface area contributed by atoms with E-state index in [0.717, 1.165) is 23.5 Å². The molecule has 280 valence electrons. The standard InChI is InChI=1S/C36H36N8O6S4/c1-21-27(31(47)43(39(21)3)23-13-7-5-8-14-23)37-25(45)17-11-19-41-33(49)29(53-35(41)51)30-34(50)42(36(52)54-30)20-12-18-26(46)38-28-22(2)40(4)44(32(28)48)24-15-9-6-10-16-24/h5-10,13-16H,11-12,17-20H2,1-4H3,(H,37,45)(H,38,46)/b30-29+. The van der Waals surface area contributed by atoms with Crippen LogP contribution in [-0.2, 0) is 33.3 Å². The highest BCUT2D eigenvalue weighted by molar-refractivity contribution is 8.29. The number of carbonyl (C=O) groups excluding carboxylic acids is 4. The molecule has 2 aromatic heterocycles. The molecule has 2 aliphatic rings. The van der Waals surface area contributed by atoms with E-state index >= 15 is 0 Å². The highest BCUT2D eigenvalue weighted by Crippen LogP contribution is 2.42. The maximum Gasteiger partial charge on any atom is 0.295 e. The molecule has 4 aromatic rings. The highest BCUT2D eigenvalue weighted by Gasteiger charge is 2.41. The fraction of sp³-hybridized carbons (Fsp3) is 0.278. The van der Waals surface area contributed by atoms with Crippen LogP contribution in [0.25, 0.3) is 11.4 Å². The molecule has 2 aromatic carbocycles. The Morgan fingerprint density at radius 3 is 1.31 bits per heavy atom. The first kappa shape index (κ1) is 38.7. The number of thiocarbonyl (C=S) groups is 2. The van der Waals surface area contributed by atoms with Gasteiger partial charge in [0.05, 0.1) is 32.6 Å². The summed E-state index contributed by atoms with van der Waals surface area (Å²) >= 11 is 12.9. The van der Waals surface area contributed by atoms with Crippen molar-refractivity contribution in [3.8, 4) is 11.4 Å². The SMILES string of the molecule is Cc1c(NC(=O)CCCN2C(=O)/C(=C3\SC(=S)N(CCCC(=O)Nc4c(C)n(C)n(-c5ccccc5)c4=O)C3=O)SC2=S)c(=O)n(-c2ccccc2)n1C. The lowest BCUT2D eigenvalue weighted by atomic mass is 10.2. The Labute approximate surface area is 329 Å². The van der Waals surface area contributed by atoms with Crippen molar-refractivity contribution >= 4 is 91.6 Å². The Bertz CT molecular complexity index is 2200. The zero-order chi connectivity index (χ0) is 38.8. The van der Waals surface area contributed by atoms with Gasteiger partial charge in [-0.05, 0) is 51.0 Å². The first-order valence-electron chi connectivity index (χ1n) is 16.9. The summed E-state index contributed by atoms with van der Waals surface area (Å²) in [6.45, 7) is 3.76. The van der Waals surface area contributed by atoms with Crippen molar-refractivity contribution in [2.75, 3.05) is 23.7 Å². The van der Waals surface area contributed by atoms with Crippen LogP contribution in [0.2, 0.25) is 0 Å². The third-order valence-corrected chi connectivity index (χ3v) is 12.1. The number of amides is 4. The van der Waals surface area contributed by atoms with Gasteiger partial charge in [-0.3, -0.25) is 47.9 Å². The number of hydrogen-bond acceptors (Lipinski definition) is 10. The molecule has 6 rings (SSSR count). The van der Waals surface area contributed by atoms with E-state index in [1.54, 1.807) is 61.6 Å². The largest absolute Gasteiger partial charge is 0.320 e. The lowest BCUT2D eigenvalue weighted by Gasteiger charge is -2.14. The molecule has 14 nitrogen and oxygen atoms in total. The van der Waals surface area contributed by atoms with Crippen LogP contribution in [0.4, 0.5) is 11.4 Å². The molecule has 0 radical (unpaired) electrons. The average Bonchev–Trinajstić information content (AvgIpc) is 3.75. The number of aromatic nitrogens is 4. The van der Waals surface area contributed by atoms with Gasteiger partial charge in [0.1, 0.15) is 20.0 Å². The third kappa shape index (κ3) is 7.51. The van der Waals surface area contributed by atoms with Gasteiger partial charge in [-0.2, -0.15) is 0 Å². The molecule has 0 unspecified atom stereocenters. The van der Waals surface area contributed by atoms with Crippen molar-refractivity contribution in [3.05, 3.63) is 103 Å². The molecule has 4 heterocycles. The van der Waals surface area contributed by atoms with Crippen LogP contribution in [0.3, 0.4) is 0 Å². The van der Waals surface area contributed by atoms with Gasteiger partial charge in [-0.1, -0.05) is 84.4 Å². The van der Waals surface area contributed by atoms with Crippen molar-refractivity contribution in [2.24, 2.45) is 14.1 Å². The van der Waals surface area contributed by atoms with Crippen molar-refractivity contribution in [1.29, 1.82) is 0 Å². The van der Waals surface area contributed by atoms with E-state index in [2.05, 4.69) is 10.6 Å². The molecular formula is C36H36N8O6S4. The van der Waals surface area contributed by atoms with Gasteiger partial charge in [0, 0.05) is 40.0 Å². The minimum atomic E-state index is -0.450. The number of nitrogens with zero attached hydrogens (tertiary/aromatic N) is 6. The Balaban J connectivity index is 1.02. The molecule has 18 heteroatoms. The zero-order valence-electron chi connectivity index (χ0n) is 29.8. The minimum Gasteiger partial charge on any atom is -0.320 e. The Morgan fingerprint density at radius 1 is 0.611 bits per heavy atom. The predicted molar refractivity (Wildman–Crippen MR) is 218 cm³/mol. The number of nitrogens with one attached hydrogen (secondary N) is 2. The monoisotopic (exact) mass is 804 g/mol. The van der Waals surface area contributed by atoms with Gasteiger partial charge in [0.15, 0.2) is 0 Å². The van der Waals surface area contributed by atoms with Crippen LogP contribution in [0.15, 0.2) is 80.1 Å². The number of carbonyl (C=O) groups is 4. The number of benzene rings is 2. The first-order valence-corrected chi connectivity index (χ1v) is 19.3. The fourth-order valence-electron chi connectivity index (χ4n) is 6.08. The van der Waals surface area contributed by atoms with E-state index < -0.39 is 11.8 Å². The minimum absolute atomic E-state index is 0.0220. The Kier molecular flexibility index (Phi) is 11.6. The second-order valence-corrected chi connectivity index (χ2v) is 15.8. The molecule has 2 aliphatic heterocycles. The maximum atomic E-state index is 13.4. The number of anilines is 2. The smallest absolute Gasteiger partial charge is 0.295 e. The van der Waals surface area contributed by atoms with Crippen LogP contribution in [0.5, 0.6) is 0 Å². The van der Waals surface area contributed by atoms with Gasteiger partial charge in [0.2, 0.25) is 11.8 Å². The summed E-state index contributed by atoms with van der Waals surface area (Å²) in [6.07, 6.45) is 0.564. The second kappa shape index (κ2) is 16.1. The molecule has 2 fully saturated rings. The lowest BCUT2D eigenvalue weighted by molar-refractivity contribution is -0.124. The number of hydrogen-bond donors (Lipinski definition) is 2. The van der Waals surface area contributed by atoms with Crippen molar-refractivity contribution in [1.82, 2.24) is 28.5 Å². The first-order chi connectivity index (χ1) is 25.8. The molecule has 2 saturated heterocycles. The molecule has 0 atom stereocenters. The Hall–Kier alpha value is -5.04. The molecule has 0 saturated carbocycles. The van der Waals surface area contributed by atoms with Crippen LogP contribution in [-0.4, -0.2) is 73.9 Å². The summed E-state index contributed by atoms with van der Waals surface area (Å²) in [6, 6.07) is 18.2. The number of rotatable bonds is 12. The molecule has 54 heavy (non-hydrogen) atoms. The molecular weight excluding hydrogens is 769 g/mol. The highest BCUT2D eigenvalue weighted by atomic mass is 32.2. The zero-order valence-corrected chi connectivity index (χ0v) is 33.0. The second-order valence-electron chi connectivity index (χ2n) is 12.5. The number of para-hydroxylation sites is 2. The summed E-state index contributed by atoms with van der Waals surface area (Å²) in [7, 11) is 3.47. The van der Waals surface area contributed by atoms with Crippen LogP contribution in [0, 0.1) is 13.8 Å². The summed E-state index contributed by atoms with van der Waals surface area (Å²) in [4.78, 5) is 82.0. The van der Waals surface area contributed by atoms with E-state index in [0.29, 0.717) is 22.8 Å². The van der Waals surface area contributed by atoms with Crippen LogP contribution >= 0.6 is 48.0 Å². The van der Waals surface area contributed by atoms with Crippen molar-refractivity contribution < 1.29 is 19.2 Å². The summed E-state index contributed by atoms with van der Waals surface area (Å²) < 4.78 is 6.80. The summed E-state index contributed by atoms with van der Waals surface area (Å²) in [5, 5.41) is 5.45. The molecule has 0 spiro atoms. The quantitative estimate of drug-likeness (QED) is 0.156. The normalized spacial score (nSPS) is 15.9. The van der Waals surface area contributed by atoms with E-state index in [4.69, 9.17) is 24.4 Å². The van der Waals surface area contributed by atoms with Crippen LogP contribution in [0.1, 0.15) is 37.1 Å². The van der Waals surface area contributed by atoms with Crippen LogP contribution < -0.4 is 21.8 Å². The predicted octanol–water partition coefficient (Wildman–Crippen LogP) is 4.35. The van der Waals surface area contributed by atoms with Gasteiger partial charge in [0.25, 0.3) is 22.9 Å². The van der Waals surface area contributed by atoms with E-state index in [9.17, 15) is 28.8 Å². The molecule has 0 bridgehead atoms. The summed E-state index contributed by atoms with van der Waals surface area (Å²) in [5.41, 5.74) is 2.15. The van der Waals surface area contributed by atoms with Crippen molar-refractivity contribution in [3.63, 3.8) is 0 Å². The Morgan fingerprint density at radius 2 is 0.963 bits per heavy atom. The maximum absolute atomic E-state index is 13.4. The molecule has 0 aliphatic carbocycles. The average molecular weight is 805 g/mol. The topological polar surface area (TPSA) is 153 Å². The van der Waals surface area contributed by atoms with E-state index in [1.165, 1.54) is 19.2 Å².